The lowest BCUT2D eigenvalue weighted by molar-refractivity contribution is 0.0949. The van der Waals surface area contributed by atoms with Crippen LogP contribution in [-0.4, -0.2) is 55.5 Å². The lowest BCUT2D eigenvalue weighted by atomic mass is 9.65. The number of halogens is 3. The SMILES string of the molecule is C[C@@H]1CNC[C@H](CCc2c(F)cccc2C(CCNC(=O)c2ccccc2O)(c2ccc(F)cc2)c2ccc(F)cc2)N1S(=O)(=O)c1ccccc1. The van der Waals surface area contributed by atoms with Crippen molar-refractivity contribution < 1.29 is 31.5 Å². The van der Waals surface area contributed by atoms with Crippen LogP contribution in [0.25, 0.3) is 0 Å². The summed E-state index contributed by atoms with van der Waals surface area (Å²) in [5.41, 5.74) is 0.818. The molecule has 5 aromatic carbocycles. The van der Waals surface area contributed by atoms with E-state index in [1.54, 1.807) is 78.9 Å². The fourth-order valence-corrected chi connectivity index (χ4v) is 9.26. The summed E-state index contributed by atoms with van der Waals surface area (Å²) in [6.45, 7) is 2.69. The summed E-state index contributed by atoms with van der Waals surface area (Å²) in [5.74, 6) is -2.20. The minimum absolute atomic E-state index is 0.0328. The molecule has 0 saturated carbocycles. The van der Waals surface area contributed by atoms with E-state index in [-0.39, 0.29) is 48.1 Å². The number of hydrogen-bond acceptors (Lipinski definition) is 5. The Labute approximate surface area is 302 Å². The lowest BCUT2D eigenvalue weighted by Crippen LogP contribution is -2.58. The Morgan fingerprint density at radius 2 is 1.44 bits per heavy atom. The first-order chi connectivity index (χ1) is 25.0. The summed E-state index contributed by atoms with van der Waals surface area (Å²) in [6.07, 6.45) is 0.539. The molecule has 0 radical (unpaired) electrons. The lowest BCUT2D eigenvalue weighted by Gasteiger charge is -2.41. The number of benzene rings is 5. The second-order valence-corrected chi connectivity index (χ2v) is 14.9. The van der Waals surface area contributed by atoms with Gasteiger partial charge in [-0.2, -0.15) is 4.31 Å². The Balaban J connectivity index is 1.43. The van der Waals surface area contributed by atoms with E-state index in [4.69, 9.17) is 0 Å². The third-order valence-electron chi connectivity index (χ3n) is 9.85. The van der Waals surface area contributed by atoms with Gasteiger partial charge in [-0.3, -0.25) is 4.79 Å². The molecule has 0 aliphatic carbocycles. The molecular weight excluding hydrogens is 688 g/mol. The zero-order valence-corrected chi connectivity index (χ0v) is 29.4. The van der Waals surface area contributed by atoms with Crippen molar-refractivity contribution in [2.45, 2.75) is 48.6 Å². The Morgan fingerprint density at radius 3 is 2.08 bits per heavy atom. The molecule has 3 N–H and O–H groups in total. The first-order valence-corrected chi connectivity index (χ1v) is 18.6. The Bertz CT molecular complexity index is 2070. The van der Waals surface area contributed by atoms with Gasteiger partial charge in [-0.15, -0.1) is 0 Å². The van der Waals surface area contributed by atoms with E-state index < -0.39 is 44.8 Å². The Kier molecular flexibility index (Phi) is 11.1. The molecule has 6 rings (SSSR count). The van der Waals surface area contributed by atoms with Crippen molar-refractivity contribution in [3.05, 3.63) is 167 Å². The molecule has 0 bridgehead atoms. The minimum Gasteiger partial charge on any atom is -0.507 e. The van der Waals surface area contributed by atoms with Gasteiger partial charge in [-0.25, -0.2) is 21.6 Å². The van der Waals surface area contributed by atoms with Crippen molar-refractivity contribution in [1.82, 2.24) is 14.9 Å². The molecule has 0 unspecified atom stereocenters. The third kappa shape index (κ3) is 7.48. The van der Waals surface area contributed by atoms with Crippen LogP contribution in [0, 0.1) is 17.5 Å². The van der Waals surface area contributed by atoms with Crippen LogP contribution in [0.1, 0.15) is 52.4 Å². The van der Waals surface area contributed by atoms with Crippen molar-refractivity contribution in [3.63, 3.8) is 0 Å². The summed E-state index contributed by atoms with van der Waals surface area (Å²) >= 11 is 0. The molecule has 0 spiro atoms. The van der Waals surface area contributed by atoms with Gasteiger partial charge in [-0.05, 0) is 103 Å². The van der Waals surface area contributed by atoms with Gasteiger partial charge in [0.15, 0.2) is 0 Å². The van der Waals surface area contributed by atoms with Crippen molar-refractivity contribution in [2.24, 2.45) is 0 Å². The fraction of sp³-hybridized carbons (Fsp3) is 0.244. The first kappa shape index (κ1) is 36.8. The molecule has 1 aliphatic heterocycles. The number of piperazine rings is 1. The number of hydrogen-bond donors (Lipinski definition) is 3. The number of phenols is 1. The molecule has 1 heterocycles. The van der Waals surface area contributed by atoms with Crippen LogP contribution in [0.5, 0.6) is 5.75 Å². The second-order valence-electron chi connectivity index (χ2n) is 13.1. The Hall–Kier alpha value is -4.97. The molecule has 270 valence electrons. The maximum absolute atomic E-state index is 16.3. The van der Waals surface area contributed by atoms with Crippen LogP contribution in [-0.2, 0) is 21.9 Å². The van der Waals surface area contributed by atoms with Crippen molar-refractivity contribution >= 4 is 15.9 Å². The molecule has 7 nitrogen and oxygen atoms in total. The smallest absolute Gasteiger partial charge is 0.255 e. The standard InChI is InChI=1S/C41H40F3N3O4S/c1-28-26-45-27-33(47(28)52(50,51)34-8-3-2-4-9-34)22-23-35-37(11-7-12-38(35)44)41(29-14-18-31(42)19-15-29,30-16-20-32(43)21-17-30)24-25-46-40(49)36-10-5-6-13-39(36)48/h2-21,28,33,45,48H,22-27H2,1H3,(H,46,49)/t28-,33+/m1/s1. The maximum Gasteiger partial charge on any atom is 0.255 e. The zero-order chi connectivity index (χ0) is 36.9. The second kappa shape index (κ2) is 15.7. The van der Waals surface area contributed by atoms with Gasteiger partial charge in [0.25, 0.3) is 5.91 Å². The van der Waals surface area contributed by atoms with E-state index in [0.29, 0.717) is 35.3 Å². The van der Waals surface area contributed by atoms with Crippen LogP contribution in [0.4, 0.5) is 13.2 Å². The van der Waals surface area contributed by atoms with Gasteiger partial charge in [-0.1, -0.05) is 66.7 Å². The molecule has 52 heavy (non-hydrogen) atoms. The molecule has 5 aromatic rings. The van der Waals surface area contributed by atoms with E-state index in [0.717, 1.165) is 0 Å². The van der Waals surface area contributed by atoms with Crippen LogP contribution >= 0.6 is 0 Å². The molecular formula is C41H40F3N3O4S. The number of rotatable bonds is 12. The quantitative estimate of drug-likeness (QED) is 0.121. The number of sulfonamides is 1. The highest BCUT2D eigenvalue weighted by atomic mass is 32.2. The molecule has 0 aromatic heterocycles. The van der Waals surface area contributed by atoms with E-state index in [2.05, 4.69) is 10.6 Å². The normalized spacial score (nSPS) is 16.8. The van der Waals surface area contributed by atoms with Crippen LogP contribution in [0.15, 0.2) is 126 Å². The molecule has 1 saturated heterocycles. The average Bonchev–Trinajstić information content (AvgIpc) is 3.14. The average molecular weight is 728 g/mol. The molecule has 1 aliphatic rings. The van der Waals surface area contributed by atoms with Gasteiger partial charge >= 0.3 is 0 Å². The first-order valence-electron chi connectivity index (χ1n) is 17.2. The highest BCUT2D eigenvalue weighted by Gasteiger charge is 2.41. The highest BCUT2D eigenvalue weighted by Crippen LogP contribution is 2.45. The van der Waals surface area contributed by atoms with Gasteiger partial charge in [0.2, 0.25) is 10.0 Å². The number of para-hydroxylation sites is 1. The molecule has 2 atom stereocenters. The summed E-state index contributed by atoms with van der Waals surface area (Å²) in [6, 6.07) is 29.8. The topological polar surface area (TPSA) is 98.7 Å². The highest BCUT2D eigenvalue weighted by molar-refractivity contribution is 7.89. The van der Waals surface area contributed by atoms with Crippen molar-refractivity contribution in [2.75, 3.05) is 19.6 Å². The van der Waals surface area contributed by atoms with Crippen molar-refractivity contribution in [1.29, 1.82) is 0 Å². The van der Waals surface area contributed by atoms with Crippen LogP contribution < -0.4 is 10.6 Å². The third-order valence-corrected chi connectivity index (χ3v) is 11.9. The zero-order valence-electron chi connectivity index (χ0n) is 28.6. The van der Waals surface area contributed by atoms with Gasteiger partial charge < -0.3 is 15.7 Å². The minimum atomic E-state index is -3.88. The fourth-order valence-electron chi connectivity index (χ4n) is 7.39. The number of carbonyl (C=O) groups excluding carboxylic acids is 1. The number of aromatic hydroxyl groups is 1. The number of phenolic OH excluding ortho intramolecular Hbond substituents is 1. The number of nitrogens with one attached hydrogen (secondary N) is 2. The molecule has 11 heteroatoms. The number of nitrogens with zero attached hydrogens (tertiary/aromatic N) is 1. The van der Waals surface area contributed by atoms with Crippen molar-refractivity contribution in [3.8, 4) is 5.75 Å². The predicted molar refractivity (Wildman–Crippen MR) is 194 cm³/mol. The maximum atomic E-state index is 16.3. The van der Waals surface area contributed by atoms with Gasteiger partial charge in [0.05, 0.1) is 10.5 Å². The molecule has 1 fully saturated rings. The summed E-state index contributed by atoms with van der Waals surface area (Å²) in [4.78, 5) is 13.4. The largest absolute Gasteiger partial charge is 0.507 e. The number of carbonyl (C=O) groups is 1. The summed E-state index contributed by atoms with van der Waals surface area (Å²) in [5, 5.41) is 16.5. The number of amides is 1. The van der Waals surface area contributed by atoms with Gasteiger partial charge in [0, 0.05) is 37.1 Å². The summed E-state index contributed by atoms with van der Waals surface area (Å²) in [7, 11) is -3.88. The van der Waals surface area contributed by atoms with Crippen LogP contribution in [0.3, 0.4) is 0 Å². The van der Waals surface area contributed by atoms with Gasteiger partial charge in [0.1, 0.15) is 23.2 Å². The predicted octanol–water partition coefficient (Wildman–Crippen LogP) is 6.95. The van der Waals surface area contributed by atoms with E-state index in [1.165, 1.54) is 46.8 Å². The van der Waals surface area contributed by atoms with E-state index in [9.17, 15) is 27.1 Å². The van der Waals surface area contributed by atoms with Crippen LogP contribution in [0.2, 0.25) is 0 Å². The Morgan fingerprint density at radius 1 is 0.827 bits per heavy atom. The molecule has 1 amide bonds. The summed E-state index contributed by atoms with van der Waals surface area (Å²) < 4.78 is 74.6. The van der Waals surface area contributed by atoms with E-state index >= 15 is 4.39 Å². The monoisotopic (exact) mass is 727 g/mol. The van der Waals surface area contributed by atoms with E-state index in [1.807, 2.05) is 6.92 Å².